The van der Waals surface area contributed by atoms with Crippen molar-refractivity contribution in [1.29, 1.82) is 0 Å². The van der Waals surface area contributed by atoms with Gasteiger partial charge in [0, 0.05) is 5.56 Å². The molecule has 124 valence electrons. The highest BCUT2D eigenvalue weighted by Crippen LogP contribution is 1.98. The lowest BCUT2D eigenvalue weighted by molar-refractivity contribution is 0.112. The largest absolute Gasteiger partial charge is 0.298 e. The van der Waals surface area contributed by atoms with Crippen LogP contribution in [0.1, 0.15) is 63.0 Å². The molecule has 0 unspecified atom stereocenters. The van der Waals surface area contributed by atoms with Gasteiger partial charge in [-0.1, -0.05) is 107 Å². The second-order valence-electron chi connectivity index (χ2n) is 3.68. The van der Waals surface area contributed by atoms with Gasteiger partial charge in [-0.25, -0.2) is 0 Å². The van der Waals surface area contributed by atoms with E-state index in [9.17, 15) is 4.79 Å². The van der Waals surface area contributed by atoms with Crippen LogP contribution in [0.15, 0.2) is 54.6 Å². The minimum absolute atomic E-state index is 0.737. The zero-order valence-corrected chi connectivity index (χ0v) is 15.7. The molecule has 0 saturated heterocycles. The molecule has 0 fully saturated rings. The molecule has 0 amide bonds. The normalized spacial score (nSPS) is 7.27. The predicted octanol–water partition coefficient (Wildman–Crippen LogP) is 6.88. The van der Waals surface area contributed by atoms with Crippen molar-refractivity contribution in [3.63, 3.8) is 0 Å². The van der Waals surface area contributed by atoms with E-state index in [-0.39, 0.29) is 0 Å². The number of rotatable bonds is 1. The first-order chi connectivity index (χ1) is 10.7. The standard InChI is InChI=1S/C8H8O.C7H8.3C2H6/c1-7-2-4-8(6-9)5-3-7;1-7-5-3-2-4-6-7;3*1-2/h2-6H,1H3;2-6H,1H3;3*1-2H3. The van der Waals surface area contributed by atoms with Gasteiger partial charge in [-0.15, -0.1) is 0 Å². The van der Waals surface area contributed by atoms with Gasteiger partial charge < -0.3 is 0 Å². The molecule has 2 aromatic carbocycles. The number of carbonyl (C=O) groups is 1. The molecule has 2 aromatic rings. The molecule has 2 rings (SSSR count). The molecule has 0 N–H and O–H groups in total. The summed E-state index contributed by atoms with van der Waals surface area (Å²) in [6.45, 7) is 16.1. The van der Waals surface area contributed by atoms with Crippen LogP contribution in [0.5, 0.6) is 0 Å². The number of benzene rings is 2. The Balaban J connectivity index is -0.000000249. The summed E-state index contributed by atoms with van der Waals surface area (Å²) < 4.78 is 0. The first kappa shape index (κ1) is 25.1. The van der Waals surface area contributed by atoms with Crippen molar-refractivity contribution in [3.8, 4) is 0 Å². The van der Waals surface area contributed by atoms with Gasteiger partial charge in [-0.3, -0.25) is 4.79 Å². The SMILES string of the molecule is CC.CC.CC.Cc1ccc(C=O)cc1.Cc1ccccc1. The molecule has 0 aliphatic rings. The first-order valence-electron chi connectivity index (χ1n) is 8.26. The fourth-order valence-corrected chi connectivity index (χ4v) is 1.18. The third-order valence-corrected chi connectivity index (χ3v) is 2.15. The topological polar surface area (TPSA) is 17.1 Å². The highest BCUT2D eigenvalue weighted by Gasteiger charge is 1.85. The summed E-state index contributed by atoms with van der Waals surface area (Å²) in [5, 5.41) is 0. The van der Waals surface area contributed by atoms with Gasteiger partial charge in [0.15, 0.2) is 0 Å². The Bertz CT molecular complexity index is 415. The number of hydrogen-bond acceptors (Lipinski definition) is 1. The van der Waals surface area contributed by atoms with E-state index in [1.54, 1.807) is 0 Å². The Kier molecular flexibility index (Phi) is 24.4. The maximum atomic E-state index is 10.1. The molecule has 22 heavy (non-hydrogen) atoms. The molecule has 0 atom stereocenters. The van der Waals surface area contributed by atoms with Crippen LogP contribution in [0.25, 0.3) is 0 Å². The van der Waals surface area contributed by atoms with E-state index < -0.39 is 0 Å². The quantitative estimate of drug-likeness (QED) is 0.525. The van der Waals surface area contributed by atoms with Crippen molar-refractivity contribution in [2.24, 2.45) is 0 Å². The Morgan fingerprint density at radius 1 is 0.591 bits per heavy atom. The summed E-state index contributed by atoms with van der Waals surface area (Å²) in [5.74, 6) is 0. The van der Waals surface area contributed by atoms with Crippen molar-refractivity contribution in [2.45, 2.75) is 55.4 Å². The minimum Gasteiger partial charge on any atom is -0.298 e. The maximum absolute atomic E-state index is 10.1. The van der Waals surface area contributed by atoms with E-state index in [0.29, 0.717) is 0 Å². The summed E-state index contributed by atoms with van der Waals surface area (Å²) in [6, 6.07) is 17.7. The molecule has 0 spiro atoms. The highest BCUT2D eigenvalue weighted by molar-refractivity contribution is 5.74. The number of aryl methyl sites for hydroxylation is 2. The van der Waals surface area contributed by atoms with Crippen molar-refractivity contribution in [2.75, 3.05) is 0 Å². The second-order valence-corrected chi connectivity index (χ2v) is 3.68. The highest BCUT2D eigenvalue weighted by atomic mass is 16.1. The zero-order chi connectivity index (χ0) is 17.8. The van der Waals surface area contributed by atoms with Crippen molar-refractivity contribution >= 4 is 6.29 Å². The van der Waals surface area contributed by atoms with E-state index in [1.807, 2.05) is 90.9 Å². The Hall–Kier alpha value is -1.89. The van der Waals surface area contributed by atoms with Gasteiger partial charge in [0.2, 0.25) is 0 Å². The molecule has 1 nitrogen and oxygen atoms in total. The van der Waals surface area contributed by atoms with E-state index in [0.717, 1.165) is 11.8 Å². The summed E-state index contributed by atoms with van der Waals surface area (Å²) in [6.07, 6.45) is 0.847. The monoisotopic (exact) mass is 302 g/mol. The van der Waals surface area contributed by atoms with E-state index in [2.05, 4.69) is 19.1 Å². The van der Waals surface area contributed by atoms with Crippen LogP contribution < -0.4 is 0 Å². The second kappa shape index (κ2) is 21.4. The van der Waals surface area contributed by atoms with E-state index in [1.165, 1.54) is 11.1 Å². The maximum Gasteiger partial charge on any atom is 0.150 e. The predicted molar refractivity (Wildman–Crippen MR) is 102 cm³/mol. The zero-order valence-electron chi connectivity index (χ0n) is 15.7. The lowest BCUT2D eigenvalue weighted by Gasteiger charge is -1.89. The molecular formula is C21H34O. The van der Waals surface area contributed by atoms with Crippen molar-refractivity contribution < 1.29 is 4.79 Å². The summed E-state index contributed by atoms with van der Waals surface area (Å²) >= 11 is 0. The molecule has 0 heterocycles. The number of carbonyl (C=O) groups excluding carboxylic acids is 1. The van der Waals surface area contributed by atoms with Crippen molar-refractivity contribution in [3.05, 3.63) is 71.3 Å². The first-order valence-corrected chi connectivity index (χ1v) is 8.26. The van der Waals surface area contributed by atoms with Crippen LogP contribution in [0.3, 0.4) is 0 Å². The Morgan fingerprint density at radius 3 is 1.23 bits per heavy atom. The Morgan fingerprint density at radius 2 is 0.955 bits per heavy atom. The molecular weight excluding hydrogens is 268 g/mol. The van der Waals surface area contributed by atoms with E-state index >= 15 is 0 Å². The minimum atomic E-state index is 0.737. The van der Waals surface area contributed by atoms with Crippen LogP contribution in [0.2, 0.25) is 0 Å². The summed E-state index contributed by atoms with van der Waals surface area (Å²) in [7, 11) is 0. The van der Waals surface area contributed by atoms with Gasteiger partial charge in [0.1, 0.15) is 6.29 Å². The lowest BCUT2D eigenvalue weighted by Crippen LogP contribution is -1.77. The Labute approximate surface area is 138 Å². The molecule has 0 aromatic heterocycles. The third kappa shape index (κ3) is 16.2. The molecule has 1 heteroatoms. The van der Waals surface area contributed by atoms with Crippen LogP contribution in [0.4, 0.5) is 0 Å². The number of aldehydes is 1. The lowest BCUT2D eigenvalue weighted by atomic mass is 10.2. The van der Waals surface area contributed by atoms with Crippen LogP contribution in [-0.2, 0) is 0 Å². The fourth-order valence-electron chi connectivity index (χ4n) is 1.18. The smallest absolute Gasteiger partial charge is 0.150 e. The molecule has 0 aliphatic heterocycles. The van der Waals surface area contributed by atoms with Gasteiger partial charge in [0.05, 0.1) is 0 Å². The molecule has 0 aliphatic carbocycles. The van der Waals surface area contributed by atoms with Crippen LogP contribution in [-0.4, -0.2) is 6.29 Å². The molecule has 0 saturated carbocycles. The van der Waals surface area contributed by atoms with Gasteiger partial charge >= 0.3 is 0 Å². The average Bonchev–Trinajstić information content (AvgIpc) is 2.62. The van der Waals surface area contributed by atoms with Crippen LogP contribution >= 0.6 is 0 Å². The fraction of sp³-hybridized carbons (Fsp3) is 0.381. The van der Waals surface area contributed by atoms with E-state index in [4.69, 9.17) is 0 Å². The third-order valence-electron chi connectivity index (χ3n) is 2.15. The summed E-state index contributed by atoms with van der Waals surface area (Å²) in [4.78, 5) is 10.1. The number of hydrogen-bond donors (Lipinski definition) is 0. The molecule has 0 radical (unpaired) electrons. The van der Waals surface area contributed by atoms with Crippen LogP contribution in [0, 0.1) is 13.8 Å². The van der Waals surface area contributed by atoms with Gasteiger partial charge in [-0.05, 0) is 13.8 Å². The average molecular weight is 303 g/mol. The van der Waals surface area contributed by atoms with Gasteiger partial charge in [-0.2, -0.15) is 0 Å². The summed E-state index contributed by atoms with van der Waals surface area (Å²) in [5.41, 5.74) is 3.24. The van der Waals surface area contributed by atoms with Crippen molar-refractivity contribution in [1.82, 2.24) is 0 Å². The molecule has 0 bridgehead atoms. The van der Waals surface area contributed by atoms with Gasteiger partial charge in [0.25, 0.3) is 0 Å².